The normalized spacial score (nSPS) is 17.3. The Morgan fingerprint density at radius 2 is 1.97 bits per heavy atom. The summed E-state index contributed by atoms with van der Waals surface area (Å²) < 4.78 is 5.37. The molecule has 30 heavy (non-hydrogen) atoms. The van der Waals surface area contributed by atoms with Crippen molar-refractivity contribution in [2.24, 2.45) is 4.99 Å². The fourth-order valence-corrected chi connectivity index (χ4v) is 3.13. The Hall–Kier alpha value is -1.82. The fraction of sp³-hybridized carbons (Fsp3) is 0.650. The van der Waals surface area contributed by atoms with Gasteiger partial charge in [0.1, 0.15) is 12.3 Å². The van der Waals surface area contributed by atoms with Gasteiger partial charge in [0.15, 0.2) is 5.96 Å². The zero-order chi connectivity index (χ0) is 20.6. The molecule has 3 rings (SSSR count). The van der Waals surface area contributed by atoms with Crippen LogP contribution in [0.15, 0.2) is 27.8 Å². The Balaban J connectivity index is 0.00000320. The molecule has 0 aromatic carbocycles. The van der Waals surface area contributed by atoms with E-state index in [9.17, 15) is 9.59 Å². The molecular weight excluding hydrogens is 499 g/mol. The first-order valence-corrected chi connectivity index (χ1v) is 10.3. The highest BCUT2D eigenvalue weighted by molar-refractivity contribution is 14.0. The number of amides is 2. The lowest BCUT2D eigenvalue weighted by Gasteiger charge is -2.36. The Morgan fingerprint density at radius 1 is 1.23 bits per heavy atom. The Bertz CT molecular complexity index is 697. The Morgan fingerprint density at radius 3 is 2.57 bits per heavy atom. The molecule has 1 aliphatic carbocycles. The molecule has 1 saturated carbocycles. The van der Waals surface area contributed by atoms with Crippen LogP contribution in [0, 0.1) is 0 Å². The van der Waals surface area contributed by atoms with E-state index in [2.05, 4.69) is 25.4 Å². The van der Waals surface area contributed by atoms with Crippen LogP contribution in [0.2, 0.25) is 0 Å². The minimum absolute atomic E-state index is 0. The molecule has 0 atom stereocenters. The number of aliphatic imine (C=N–C) groups is 1. The summed E-state index contributed by atoms with van der Waals surface area (Å²) in [6, 6.07) is 4.22. The second-order valence-electron chi connectivity index (χ2n) is 7.79. The first kappa shape index (κ1) is 24.4. The molecule has 0 radical (unpaired) electrons. The minimum Gasteiger partial charge on any atom is -0.469 e. The molecule has 2 amide bonds. The third-order valence-electron chi connectivity index (χ3n) is 5.08. The number of carbonyl (C=O) groups excluding carboxylic acids is 2. The first-order valence-electron chi connectivity index (χ1n) is 10.3. The molecule has 1 aromatic heterocycles. The van der Waals surface area contributed by atoms with E-state index in [0.717, 1.165) is 57.2 Å². The molecule has 1 saturated heterocycles. The van der Waals surface area contributed by atoms with E-state index in [1.807, 2.05) is 12.1 Å². The van der Waals surface area contributed by atoms with Gasteiger partial charge < -0.3 is 24.9 Å². The molecule has 2 N–H and O–H groups in total. The standard InChI is InChI=1S/C20H32N6O3.HI/c1-24(2)19(28)14-22-20(21-8-7-17-4-3-13-29-17)26-11-9-25(10-12-26)15-18(27)23-16-5-6-16;/h3-4,13,16H,5-12,14-15H2,1-2H3,(H,21,22)(H,23,27);1H. The lowest BCUT2D eigenvalue weighted by molar-refractivity contribution is -0.127. The number of guanidine groups is 1. The van der Waals surface area contributed by atoms with Crippen LogP contribution in [0.5, 0.6) is 0 Å². The summed E-state index contributed by atoms with van der Waals surface area (Å²) in [5, 5.41) is 6.40. The summed E-state index contributed by atoms with van der Waals surface area (Å²) in [6.45, 7) is 4.34. The molecule has 1 aromatic rings. The summed E-state index contributed by atoms with van der Waals surface area (Å²) in [5.74, 6) is 1.72. The van der Waals surface area contributed by atoms with E-state index in [4.69, 9.17) is 4.42 Å². The van der Waals surface area contributed by atoms with Gasteiger partial charge >= 0.3 is 0 Å². The van der Waals surface area contributed by atoms with Gasteiger partial charge in [0, 0.05) is 59.3 Å². The summed E-state index contributed by atoms with van der Waals surface area (Å²) in [6.07, 6.45) is 4.62. The van der Waals surface area contributed by atoms with Gasteiger partial charge in [-0.25, -0.2) is 4.99 Å². The highest BCUT2D eigenvalue weighted by Crippen LogP contribution is 2.18. The number of piperazine rings is 1. The van der Waals surface area contributed by atoms with Crippen LogP contribution in [0.25, 0.3) is 0 Å². The molecule has 1 aliphatic heterocycles. The summed E-state index contributed by atoms with van der Waals surface area (Å²) in [5.41, 5.74) is 0. The summed E-state index contributed by atoms with van der Waals surface area (Å²) in [7, 11) is 3.46. The van der Waals surface area contributed by atoms with Crippen molar-refractivity contribution in [1.82, 2.24) is 25.3 Å². The average Bonchev–Trinajstić information content (AvgIpc) is 3.35. The predicted molar refractivity (Wildman–Crippen MR) is 126 cm³/mol. The van der Waals surface area contributed by atoms with Crippen LogP contribution in [0.4, 0.5) is 0 Å². The molecular formula is C20H33IN6O3. The molecule has 9 nitrogen and oxygen atoms in total. The number of nitrogens with zero attached hydrogens (tertiary/aromatic N) is 4. The molecule has 2 heterocycles. The van der Waals surface area contributed by atoms with Crippen molar-refractivity contribution in [3.63, 3.8) is 0 Å². The second kappa shape index (κ2) is 12.1. The molecule has 2 fully saturated rings. The average molecular weight is 532 g/mol. The summed E-state index contributed by atoms with van der Waals surface area (Å²) in [4.78, 5) is 34.4. The van der Waals surface area contributed by atoms with Gasteiger partial charge in [0.05, 0.1) is 12.8 Å². The van der Waals surface area contributed by atoms with Crippen molar-refractivity contribution in [2.75, 3.05) is 59.9 Å². The maximum Gasteiger partial charge on any atom is 0.243 e. The van der Waals surface area contributed by atoms with E-state index >= 15 is 0 Å². The molecule has 10 heteroatoms. The maximum absolute atomic E-state index is 12.0. The second-order valence-corrected chi connectivity index (χ2v) is 7.79. The number of halogens is 1. The lowest BCUT2D eigenvalue weighted by Crippen LogP contribution is -2.54. The topological polar surface area (TPSA) is 93.4 Å². The van der Waals surface area contributed by atoms with Gasteiger partial charge in [0.25, 0.3) is 0 Å². The van der Waals surface area contributed by atoms with E-state index < -0.39 is 0 Å². The summed E-state index contributed by atoms with van der Waals surface area (Å²) >= 11 is 0. The van der Waals surface area contributed by atoms with Crippen molar-refractivity contribution >= 4 is 41.8 Å². The quantitative estimate of drug-likeness (QED) is 0.286. The number of likely N-dealkylation sites (N-methyl/N-ethyl adjacent to an activating group) is 1. The highest BCUT2D eigenvalue weighted by atomic mass is 127. The Kier molecular flexibility index (Phi) is 9.89. The van der Waals surface area contributed by atoms with Crippen LogP contribution in [0.3, 0.4) is 0 Å². The fourth-order valence-electron chi connectivity index (χ4n) is 3.13. The van der Waals surface area contributed by atoms with Gasteiger partial charge in [-0.05, 0) is 25.0 Å². The highest BCUT2D eigenvalue weighted by Gasteiger charge is 2.26. The minimum atomic E-state index is -0.0364. The Labute approximate surface area is 195 Å². The zero-order valence-corrected chi connectivity index (χ0v) is 20.1. The molecule has 0 unspecified atom stereocenters. The van der Waals surface area contributed by atoms with Gasteiger partial charge in [0.2, 0.25) is 11.8 Å². The van der Waals surface area contributed by atoms with Crippen LogP contribution in [0.1, 0.15) is 18.6 Å². The third kappa shape index (κ3) is 8.13. The number of hydrogen-bond donors (Lipinski definition) is 2. The number of furan rings is 1. The van der Waals surface area contributed by atoms with E-state index in [-0.39, 0.29) is 42.3 Å². The lowest BCUT2D eigenvalue weighted by atomic mass is 10.3. The third-order valence-corrected chi connectivity index (χ3v) is 5.08. The number of rotatable bonds is 8. The van der Waals surface area contributed by atoms with Crippen molar-refractivity contribution < 1.29 is 14.0 Å². The van der Waals surface area contributed by atoms with E-state index in [1.54, 1.807) is 25.3 Å². The van der Waals surface area contributed by atoms with Crippen LogP contribution in [-0.4, -0.2) is 98.4 Å². The number of carbonyl (C=O) groups is 2. The molecule has 168 valence electrons. The number of nitrogens with one attached hydrogen (secondary N) is 2. The van der Waals surface area contributed by atoms with E-state index in [0.29, 0.717) is 19.1 Å². The predicted octanol–water partition coefficient (Wildman–Crippen LogP) is 0.370. The van der Waals surface area contributed by atoms with Crippen LogP contribution < -0.4 is 10.6 Å². The van der Waals surface area contributed by atoms with E-state index in [1.165, 1.54) is 0 Å². The van der Waals surface area contributed by atoms with Crippen molar-refractivity contribution in [1.29, 1.82) is 0 Å². The molecule has 0 spiro atoms. The van der Waals surface area contributed by atoms with Crippen LogP contribution >= 0.6 is 24.0 Å². The van der Waals surface area contributed by atoms with Gasteiger partial charge in [-0.15, -0.1) is 24.0 Å². The smallest absolute Gasteiger partial charge is 0.243 e. The first-order chi connectivity index (χ1) is 14.0. The number of hydrogen-bond acceptors (Lipinski definition) is 5. The monoisotopic (exact) mass is 532 g/mol. The van der Waals surface area contributed by atoms with Gasteiger partial charge in [-0.1, -0.05) is 0 Å². The molecule has 2 aliphatic rings. The van der Waals surface area contributed by atoms with Gasteiger partial charge in [-0.2, -0.15) is 0 Å². The van der Waals surface area contributed by atoms with Crippen LogP contribution in [-0.2, 0) is 16.0 Å². The SMILES string of the molecule is CN(C)C(=O)CN=C(NCCc1ccco1)N1CCN(CC(=O)NC2CC2)CC1.I. The van der Waals surface area contributed by atoms with Crippen molar-refractivity contribution in [3.05, 3.63) is 24.2 Å². The van der Waals surface area contributed by atoms with Crippen molar-refractivity contribution in [3.8, 4) is 0 Å². The van der Waals surface area contributed by atoms with Gasteiger partial charge in [-0.3, -0.25) is 14.5 Å². The maximum atomic E-state index is 12.0. The molecule has 0 bridgehead atoms. The van der Waals surface area contributed by atoms with Crippen molar-refractivity contribution in [2.45, 2.75) is 25.3 Å². The largest absolute Gasteiger partial charge is 0.469 e. The zero-order valence-electron chi connectivity index (χ0n) is 17.8.